The maximum atomic E-state index is 5.54. The Balaban J connectivity index is 2.51. The first-order valence-corrected chi connectivity index (χ1v) is 3.44. The number of hydrogen-bond acceptors (Lipinski definition) is 4. The summed E-state index contributed by atoms with van der Waals surface area (Å²) >= 11 is 0. The van der Waals surface area contributed by atoms with Gasteiger partial charge in [0.2, 0.25) is 5.95 Å². The first-order valence-electron chi connectivity index (χ1n) is 3.44. The van der Waals surface area contributed by atoms with Crippen LogP contribution in [0, 0.1) is 0 Å². The maximum Gasteiger partial charge on any atom is 0.226 e. The van der Waals surface area contributed by atoms with Crippen molar-refractivity contribution in [3.8, 4) is 5.69 Å². The van der Waals surface area contributed by atoms with E-state index in [-0.39, 0.29) is 0 Å². The Morgan fingerprint density at radius 3 is 2.58 bits per heavy atom. The van der Waals surface area contributed by atoms with E-state index in [1.54, 1.807) is 23.3 Å². The second-order valence-electron chi connectivity index (χ2n) is 2.26. The number of hydrogen-bond donors (Lipinski definition) is 1. The van der Waals surface area contributed by atoms with Crippen molar-refractivity contribution in [3.63, 3.8) is 0 Å². The number of rotatable bonds is 1. The summed E-state index contributed by atoms with van der Waals surface area (Å²) in [5, 5.41) is 7.33. The predicted octanol–water partition coefficient (Wildman–Crippen LogP) is 0.244. The van der Waals surface area contributed by atoms with E-state index in [1.807, 2.05) is 12.1 Å². The zero-order valence-corrected chi connectivity index (χ0v) is 6.25. The van der Waals surface area contributed by atoms with E-state index in [4.69, 9.17) is 5.73 Å². The smallest absolute Gasteiger partial charge is 0.226 e. The van der Waals surface area contributed by atoms with Gasteiger partial charge in [-0.05, 0) is 12.1 Å². The molecule has 0 aliphatic carbocycles. The standard InChI is InChI=1S/C7H7N5/c8-7-11-10-5-12(7)6-1-3-9-4-2-6/h1-5H,(H2,8,11). The van der Waals surface area contributed by atoms with E-state index >= 15 is 0 Å². The van der Waals surface area contributed by atoms with E-state index in [2.05, 4.69) is 15.2 Å². The first-order chi connectivity index (χ1) is 5.88. The molecule has 2 N–H and O–H groups in total. The average Bonchev–Trinajstić information content (AvgIpc) is 2.53. The highest BCUT2D eigenvalue weighted by molar-refractivity contribution is 5.35. The number of nitrogen functional groups attached to an aromatic ring is 1. The molecule has 0 aliphatic heterocycles. The fraction of sp³-hybridized carbons (Fsp3) is 0. The topological polar surface area (TPSA) is 69.6 Å². The summed E-state index contributed by atoms with van der Waals surface area (Å²) in [5.41, 5.74) is 6.45. The van der Waals surface area contributed by atoms with Crippen molar-refractivity contribution >= 4 is 5.95 Å². The lowest BCUT2D eigenvalue weighted by Crippen LogP contribution is -1.99. The van der Waals surface area contributed by atoms with Crippen molar-refractivity contribution < 1.29 is 0 Å². The van der Waals surface area contributed by atoms with E-state index < -0.39 is 0 Å². The fourth-order valence-corrected chi connectivity index (χ4v) is 0.948. The SMILES string of the molecule is Nc1nncn1-c1ccncc1. The van der Waals surface area contributed by atoms with Gasteiger partial charge < -0.3 is 5.73 Å². The van der Waals surface area contributed by atoms with Gasteiger partial charge >= 0.3 is 0 Å². The monoisotopic (exact) mass is 161 g/mol. The van der Waals surface area contributed by atoms with Crippen molar-refractivity contribution in [1.29, 1.82) is 0 Å². The van der Waals surface area contributed by atoms with Crippen LogP contribution in [-0.2, 0) is 0 Å². The van der Waals surface area contributed by atoms with Gasteiger partial charge in [-0.1, -0.05) is 0 Å². The van der Waals surface area contributed by atoms with Crippen LogP contribution in [-0.4, -0.2) is 19.7 Å². The van der Waals surface area contributed by atoms with E-state index in [9.17, 15) is 0 Å². The van der Waals surface area contributed by atoms with Crippen LogP contribution in [0.4, 0.5) is 5.95 Å². The Morgan fingerprint density at radius 1 is 1.25 bits per heavy atom. The molecule has 12 heavy (non-hydrogen) atoms. The summed E-state index contributed by atoms with van der Waals surface area (Å²) in [5.74, 6) is 0.376. The highest BCUT2D eigenvalue weighted by Crippen LogP contribution is 2.07. The lowest BCUT2D eigenvalue weighted by atomic mass is 10.4. The second kappa shape index (κ2) is 2.61. The average molecular weight is 161 g/mol. The molecular formula is C7H7N5. The minimum atomic E-state index is 0.376. The number of aromatic nitrogens is 4. The third-order valence-electron chi connectivity index (χ3n) is 1.52. The quantitative estimate of drug-likeness (QED) is 0.650. The molecule has 2 aromatic heterocycles. The molecule has 0 spiro atoms. The molecule has 0 aromatic carbocycles. The third-order valence-corrected chi connectivity index (χ3v) is 1.52. The Kier molecular flexibility index (Phi) is 1.48. The highest BCUT2D eigenvalue weighted by Gasteiger charge is 1.99. The summed E-state index contributed by atoms with van der Waals surface area (Å²) in [6.07, 6.45) is 4.94. The van der Waals surface area contributed by atoms with Gasteiger partial charge in [0.25, 0.3) is 0 Å². The maximum absolute atomic E-state index is 5.54. The van der Waals surface area contributed by atoms with Gasteiger partial charge in [0, 0.05) is 12.4 Å². The predicted molar refractivity (Wildman–Crippen MR) is 43.6 cm³/mol. The summed E-state index contributed by atoms with van der Waals surface area (Å²) in [7, 11) is 0. The van der Waals surface area contributed by atoms with Gasteiger partial charge in [0.1, 0.15) is 6.33 Å². The van der Waals surface area contributed by atoms with Gasteiger partial charge in [0.15, 0.2) is 0 Å². The molecule has 2 aromatic rings. The molecule has 0 fully saturated rings. The van der Waals surface area contributed by atoms with Crippen molar-refractivity contribution in [3.05, 3.63) is 30.9 Å². The molecule has 0 radical (unpaired) electrons. The van der Waals surface area contributed by atoms with Gasteiger partial charge in [0.05, 0.1) is 5.69 Å². The van der Waals surface area contributed by atoms with Crippen LogP contribution in [0.2, 0.25) is 0 Å². The van der Waals surface area contributed by atoms with Crippen LogP contribution in [0.3, 0.4) is 0 Å². The molecule has 60 valence electrons. The number of nitrogens with two attached hydrogens (primary N) is 1. The normalized spacial score (nSPS) is 10.0. The Morgan fingerprint density at radius 2 is 2.00 bits per heavy atom. The lowest BCUT2D eigenvalue weighted by Gasteiger charge is -2.00. The Labute approximate surface area is 68.9 Å². The van der Waals surface area contributed by atoms with Gasteiger partial charge in [-0.25, -0.2) is 0 Å². The van der Waals surface area contributed by atoms with E-state index in [0.29, 0.717) is 5.95 Å². The number of anilines is 1. The highest BCUT2D eigenvalue weighted by atomic mass is 15.3. The van der Waals surface area contributed by atoms with Crippen LogP contribution >= 0.6 is 0 Å². The molecule has 2 heterocycles. The zero-order valence-electron chi connectivity index (χ0n) is 6.25. The number of nitrogens with zero attached hydrogens (tertiary/aromatic N) is 4. The molecule has 0 unspecified atom stereocenters. The summed E-state index contributed by atoms with van der Waals surface area (Å²) < 4.78 is 1.68. The molecule has 5 nitrogen and oxygen atoms in total. The number of pyridine rings is 1. The molecule has 0 amide bonds. The van der Waals surface area contributed by atoms with Gasteiger partial charge in [-0.3, -0.25) is 9.55 Å². The lowest BCUT2D eigenvalue weighted by molar-refractivity contribution is 1.06. The van der Waals surface area contributed by atoms with Crippen LogP contribution < -0.4 is 5.73 Å². The largest absolute Gasteiger partial charge is 0.368 e. The van der Waals surface area contributed by atoms with Crippen molar-refractivity contribution in [2.75, 3.05) is 5.73 Å². The molecule has 5 heteroatoms. The molecule has 0 saturated heterocycles. The molecule has 0 saturated carbocycles. The molecule has 0 aliphatic rings. The van der Waals surface area contributed by atoms with E-state index in [0.717, 1.165) is 5.69 Å². The molecule has 2 rings (SSSR count). The Hall–Kier alpha value is -1.91. The molecule has 0 bridgehead atoms. The minimum Gasteiger partial charge on any atom is -0.368 e. The third kappa shape index (κ3) is 1.01. The van der Waals surface area contributed by atoms with Crippen LogP contribution in [0.15, 0.2) is 30.9 Å². The van der Waals surface area contributed by atoms with Crippen molar-refractivity contribution in [2.24, 2.45) is 0 Å². The summed E-state index contributed by atoms with van der Waals surface area (Å²) in [6, 6.07) is 3.67. The fourth-order valence-electron chi connectivity index (χ4n) is 0.948. The van der Waals surface area contributed by atoms with Crippen LogP contribution in [0.5, 0.6) is 0 Å². The molecular weight excluding hydrogens is 154 g/mol. The second-order valence-corrected chi connectivity index (χ2v) is 2.26. The van der Waals surface area contributed by atoms with Crippen LogP contribution in [0.1, 0.15) is 0 Å². The molecule has 0 atom stereocenters. The van der Waals surface area contributed by atoms with Crippen LogP contribution in [0.25, 0.3) is 5.69 Å². The van der Waals surface area contributed by atoms with Crippen molar-refractivity contribution in [2.45, 2.75) is 0 Å². The Bertz CT molecular complexity index is 366. The van der Waals surface area contributed by atoms with Gasteiger partial charge in [-0.2, -0.15) is 0 Å². The van der Waals surface area contributed by atoms with E-state index in [1.165, 1.54) is 0 Å². The van der Waals surface area contributed by atoms with Gasteiger partial charge in [-0.15, -0.1) is 10.2 Å². The summed E-state index contributed by atoms with van der Waals surface area (Å²) in [4.78, 5) is 3.89. The zero-order chi connectivity index (χ0) is 8.39. The summed E-state index contributed by atoms with van der Waals surface area (Å²) in [6.45, 7) is 0. The van der Waals surface area contributed by atoms with Crippen molar-refractivity contribution in [1.82, 2.24) is 19.7 Å². The first kappa shape index (κ1) is 6.78. The minimum absolute atomic E-state index is 0.376.